The summed E-state index contributed by atoms with van der Waals surface area (Å²) in [5.41, 5.74) is 3.14. The number of amides is 1. The fraction of sp³-hybridized carbons (Fsp3) is 0.343. The number of aliphatic carboxylic acids is 1. The van der Waals surface area contributed by atoms with Gasteiger partial charge in [-0.3, -0.25) is 9.36 Å². The predicted molar refractivity (Wildman–Crippen MR) is 182 cm³/mol. The zero-order chi connectivity index (χ0) is 37.7. The van der Waals surface area contributed by atoms with E-state index in [1.807, 2.05) is 41.3 Å². The highest BCUT2D eigenvalue weighted by Crippen LogP contribution is 2.34. The van der Waals surface area contributed by atoms with Crippen LogP contribution in [0.3, 0.4) is 0 Å². The van der Waals surface area contributed by atoms with Crippen LogP contribution < -0.4 is 10.2 Å². The van der Waals surface area contributed by atoms with E-state index in [1.165, 1.54) is 12.6 Å². The Morgan fingerprint density at radius 3 is 2.06 bits per heavy atom. The van der Waals surface area contributed by atoms with Gasteiger partial charge in [-0.05, 0) is 23.3 Å². The van der Waals surface area contributed by atoms with Crippen LogP contribution in [0.15, 0.2) is 89.8 Å². The van der Waals surface area contributed by atoms with Crippen molar-refractivity contribution in [2.45, 2.75) is 36.6 Å². The Balaban J connectivity index is 0.000000626. The molecular weight excluding hydrogens is 703 g/mol. The molecule has 5 aromatic rings. The highest BCUT2D eigenvalue weighted by Gasteiger charge is 2.44. The van der Waals surface area contributed by atoms with E-state index < -0.39 is 43.3 Å². The molecule has 18 heteroatoms. The van der Waals surface area contributed by atoms with Crippen LogP contribution in [0.5, 0.6) is 0 Å². The van der Waals surface area contributed by atoms with Gasteiger partial charge in [0.1, 0.15) is 18.3 Å². The Labute approximate surface area is 299 Å². The number of nitrogens with zero attached hydrogens (tertiary/aromatic N) is 6. The van der Waals surface area contributed by atoms with Gasteiger partial charge in [0.15, 0.2) is 29.0 Å². The number of aliphatic hydroxyl groups is 3. The first-order valence-electron chi connectivity index (χ1n) is 16.5. The predicted octanol–water partition coefficient (Wildman–Crippen LogP) is 2.87. The average Bonchev–Trinajstić information content (AvgIpc) is 3.92. The van der Waals surface area contributed by atoms with Crippen LogP contribution >= 0.6 is 0 Å². The molecular formula is C35H36F3N7O8. The van der Waals surface area contributed by atoms with Crippen LogP contribution in [-0.4, -0.2) is 121 Å². The maximum Gasteiger partial charge on any atom is 0.490 e. The topological polar surface area (TPSA) is 200 Å². The van der Waals surface area contributed by atoms with Crippen molar-refractivity contribution < 1.29 is 52.3 Å². The van der Waals surface area contributed by atoms with Crippen molar-refractivity contribution in [3.63, 3.8) is 0 Å². The Morgan fingerprint density at radius 1 is 0.906 bits per heavy atom. The highest BCUT2D eigenvalue weighted by molar-refractivity contribution is 5.91. The number of rotatable bonds is 9. The summed E-state index contributed by atoms with van der Waals surface area (Å²) in [4.78, 5) is 39.9. The first-order chi connectivity index (χ1) is 25.5. The van der Waals surface area contributed by atoms with E-state index in [9.17, 15) is 33.3 Å². The zero-order valence-corrected chi connectivity index (χ0v) is 28.0. The van der Waals surface area contributed by atoms with Gasteiger partial charge < -0.3 is 44.7 Å². The summed E-state index contributed by atoms with van der Waals surface area (Å²) >= 11 is 0. The maximum absolute atomic E-state index is 12.9. The molecule has 2 aliphatic rings. The van der Waals surface area contributed by atoms with Gasteiger partial charge in [-0.1, -0.05) is 60.7 Å². The molecule has 0 radical (unpaired) electrons. The SMILES string of the molecule is O=C(O)C(F)(F)F.O=C(c1ccco1)N1CCN(c2nc(NCC(c3ccccc3)c3ccccc3)c3ncn([C@@H]4O[C@H](CO)[C@@H](O)[C@H]4O)c3n2)CC1. The Bertz CT molecular complexity index is 1930. The van der Waals surface area contributed by atoms with Crippen molar-refractivity contribution in [3.05, 3.63) is 102 Å². The lowest BCUT2D eigenvalue weighted by atomic mass is 9.91. The summed E-state index contributed by atoms with van der Waals surface area (Å²) in [6.07, 6.45) is -6.65. The van der Waals surface area contributed by atoms with Gasteiger partial charge >= 0.3 is 12.1 Å². The summed E-state index contributed by atoms with van der Waals surface area (Å²) in [6.45, 7) is 1.91. The molecule has 2 saturated heterocycles. The molecule has 0 unspecified atom stereocenters. The fourth-order valence-electron chi connectivity index (χ4n) is 6.13. The van der Waals surface area contributed by atoms with Gasteiger partial charge in [0, 0.05) is 38.6 Å². The minimum absolute atomic E-state index is 0.00885. The molecule has 1 amide bonds. The molecule has 7 rings (SSSR count). The van der Waals surface area contributed by atoms with E-state index in [-0.39, 0.29) is 11.8 Å². The van der Waals surface area contributed by atoms with Gasteiger partial charge in [-0.25, -0.2) is 9.78 Å². The number of carbonyl (C=O) groups is 2. The lowest BCUT2D eigenvalue weighted by Crippen LogP contribution is -2.49. The van der Waals surface area contributed by atoms with Crippen LogP contribution in [0.4, 0.5) is 24.9 Å². The van der Waals surface area contributed by atoms with Gasteiger partial charge in [0.2, 0.25) is 5.95 Å². The molecule has 0 bridgehead atoms. The number of nitrogens with one attached hydrogen (secondary N) is 1. The monoisotopic (exact) mass is 739 g/mol. The number of aliphatic hydroxyl groups excluding tert-OH is 3. The number of piperazine rings is 1. The van der Waals surface area contributed by atoms with Crippen molar-refractivity contribution >= 4 is 34.8 Å². The number of carboxylic acid groups (broad SMARTS) is 1. The summed E-state index contributed by atoms with van der Waals surface area (Å²) in [6, 6.07) is 23.8. The molecule has 2 aromatic carbocycles. The maximum atomic E-state index is 12.9. The molecule has 3 aromatic heterocycles. The zero-order valence-electron chi connectivity index (χ0n) is 28.0. The van der Waals surface area contributed by atoms with E-state index in [4.69, 9.17) is 29.0 Å². The molecule has 2 fully saturated rings. The third kappa shape index (κ3) is 8.25. The third-order valence-corrected chi connectivity index (χ3v) is 8.90. The molecule has 0 saturated carbocycles. The molecule has 2 aliphatic heterocycles. The van der Waals surface area contributed by atoms with Crippen LogP contribution in [0.2, 0.25) is 0 Å². The van der Waals surface area contributed by atoms with E-state index in [2.05, 4.69) is 34.6 Å². The van der Waals surface area contributed by atoms with Gasteiger partial charge in [-0.15, -0.1) is 0 Å². The summed E-state index contributed by atoms with van der Waals surface area (Å²) in [7, 11) is 0. The number of carbonyl (C=O) groups excluding carboxylic acids is 1. The number of alkyl halides is 3. The third-order valence-electron chi connectivity index (χ3n) is 8.90. The number of ether oxygens (including phenoxy) is 1. The smallest absolute Gasteiger partial charge is 0.475 e. The minimum Gasteiger partial charge on any atom is -0.475 e. The molecule has 15 nitrogen and oxygen atoms in total. The van der Waals surface area contributed by atoms with Crippen LogP contribution in [0, 0.1) is 0 Å². The molecule has 0 aliphatic carbocycles. The number of imidazole rings is 1. The first-order valence-corrected chi connectivity index (χ1v) is 16.5. The normalized spacial score (nSPS) is 20.4. The van der Waals surface area contributed by atoms with E-state index >= 15 is 0 Å². The van der Waals surface area contributed by atoms with Crippen molar-refractivity contribution in [1.29, 1.82) is 0 Å². The first kappa shape index (κ1) is 37.2. The number of hydrogen-bond acceptors (Lipinski definition) is 12. The van der Waals surface area contributed by atoms with Crippen molar-refractivity contribution in [2.24, 2.45) is 0 Å². The number of hydrogen-bond donors (Lipinski definition) is 5. The molecule has 0 spiro atoms. The Hall–Kier alpha value is -5.56. The molecule has 53 heavy (non-hydrogen) atoms. The molecule has 5 N–H and O–H groups in total. The average molecular weight is 740 g/mol. The standard InChI is InChI=1S/C33H35N7O6.C2HF3O2/c41-19-25-27(42)28(43)32(46-25)40-20-35-26-29(34-18-23(21-8-3-1-4-9-21)22-10-5-2-6-11-22)36-33(37-30(26)40)39-15-13-38(14-16-39)31(44)24-12-7-17-45-24;3-2(4,5)1(6)7/h1-12,17,20,23,25,27-28,32,41-43H,13-16,18-19H2,(H,34,36,37);(H,6,7)/t25-,27-,28-,32-;/m1./s1. The summed E-state index contributed by atoms with van der Waals surface area (Å²) in [5.74, 6) is -1.70. The van der Waals surface area contributed by atoms with Crippen LogP contribution in [0.1, 0.15) is 33.8 Å². The number of carboxylic acids is 1. The van der Waals surface area contributed by atoms with Crippen LogP contribution in [0.25, 0.3) is 11.2 Å². The molecule has 4 atom stereocenters. The number of halogens is 3. The number of fused-ring (bicyclic) bond motifs is 1. The number of furan rings is 1. The fourth-order valence-corrected chi connectivity index (χ4v) is 6.13. The Kier molecular flexibility index (Phi) is 11.2. The molecule has 280 valence electrons. The second-order valence-corrected chi connectivity index (χ2v) is 12.2. The number of aromatic nitrogens is 4. The van der Waals surface area contributed by atoms with E-state index in [0.29, 0.717) is 61.4 Å². The second-order valence-electron chi connectivity index (χ2n) is 12.2. The van der Waals surface area contributed by atoms with Crippen molar-refractivity contribution in [1.82, 2.24) is 24.4 Å². The Morgan fingerprint density at radius 2 is 1.53 bits per heavy atom. The van der Waals surface area contributed by atoms with Crippen LogP contribution in [-0.2, 0) is 9.53 Å². The quantitative estimate of drug-likeness (QED) is 0.148. The second kappa shape index (κ2) is 16.0. The largest absolute Gasteiger partial charge is 0.490 e. The molecule has 5 heterocycles. The lowest BCUT2D eigenvalue weighted by Gasteiger charge is -2.34. The minimum atomic E-state index is -5.08. The van der Waals surface area contributed by atoms with Crippen molar-refractivity contribution in [2.75, 3.05) is 49.5 Å². The van der Waals surface area contributed by atoms with Gasteiger partial charge in [0.05, 0.1) is 19.2 Å². The van der Waals surface area contributed by atoms with Gasteiger partial charge in [0.25, 0.3) is 5.91 Å². The highest BCUT2D eigenvalue weighted by atomic mass is 19.4. The van der Waals surface area contributed by atoms with Crippen molar-refractivity contribution in [3.8, 4) is 0 Å². The summed E-state index contributed by atoms with van der Waals surface area (Å²) in [5, 5.41) is 41.6. The summed E-state index contributed by atoms with van der Waals surface area (Å²) < 4.78 is 44.4. The van der Waals surface area contributed by atoms with E-state index in [0.717, 1.165) is 11.1 Å². The van der Waals surface area contributed by atoms with E-state index in [1.54, 1.807) is 21.6 Å². The lowest BCUT2D eigenvalue weighted by molar-refractivity contribution is -0.192. The number of anilines is 2. The van der Waals surface area contributed by atoms with Gasteiger partial charge in [-0.2, -0.15) is 23.1 Å². The number of benzene rings is 2.